The molecule has 74 heavy (non-hydrogen) atoms. The Balaban J connectivity index is 1.27. The van der Waals surface area contributed by atoms with E-state index in [9.17, 15) is 39.8 Å². The summed E-state index contributed by atoms with van der Waals surface area (Å²) in [6.45, 7) is 18.1. The molecule has 0 saturated carbocycles. The van der Waals surface area contributed by atoms with Crippen molar-refractivity contribution in [2.24, 2.45) is 51.2 Å². The van der Waals surface area contributed by atoms with Gasteiger partial charge in [-0.3, -0.25) is 29.5 Å². The molecule has 3 aromatic carbocycles. The highest BCUT2D eigenvalue weighted by atomic mass is 16.7. The van der Waals surface area contributed by atoms with Gasteiger partial charge in [-0.2, -0.15) is 0 Å². The number of allylic oxidation sites excluding steroid dienone is 3. The molecular formula is C54H70N8O12. The summed E-state index contributed by atoms with van der Waals surface area (Å²) in [5.74, 6) is -0.0907. The zero-order valence-corrected chi connectivity index (χ0v) is 43.7. The van der Waals surface area contributed by atoms with Gasteiger partial charge in [0.1, 0.15) is 40.5 Å². The van der Waals surface area contributed by atoms with E-state index >= 15 is 0 Å². The summed E-state index contributed by atoms with van der Waals surface area (Å²) in [6.07, 6.45) is 8.11. The number of Topliss-reactive ketones (excluding diaryl/α,β-unsaturated/α-hetero) is 1. The SMILES string of the molecule is CO[C@H]1/C=C/OC2(C)Oc3c(C)c(O)c4c(O)c(c5c(c4c3C2=O)NC2(CCN(CC(C)C)CC2)N=5)=NC(=O)/C(C)=C\C=C\C(C)C[C@@H](C)C(O)[C@@H](C)C(OC(=O)CN(N)/C=C(\N)c2ccc([N+](=O)[O-])cc2)[C@@H]1C. The van der Waals surface area contributed by atoms with Gasteiger partial charge in [0.2, 0.25) is 0 Å². The van der Waals surface area contributed by atoms with Crippen molar-refractivity contribution in [2.45, 2.75) is 111 Å². The number of nitro groups is 1. The Hall–Kier alpha value is -6.87. The highest BCUT2D eigenvalue weighted by Crippen LogP contribution is 2.51. The minimum Gasteiger partial charge on any atom is -0.507 e. The number of non-ortho nitro benzene ring substituents is 1. The third-order valence-corrected chi connectivity index (χ3v) is 14.6. The fourth-order valence-electron chi connectivity index (χ4n) is 10.5. The van der Waals surface area contributed by atoms with Crippen molar-refractivity contribution in [3.05, 3.63) is 104 Å². The number of rotatable bonds is 9. The number of ketones is 1. The third-order valence-electron chi connectivity index (χ3n) is 14.6. The number of likely N-dealkylation sites (tertiary alicyclic amines) is 1. The number of esters is 1. The minimum absolute atomic E-state index is 0.0243. The van der Waals surface area contributed by atoms with Crippen LogP contribution in [0.3, 0.4) is 0 Å². The lowest BCUT2D eigenvalue weighted by atomic mass is 9.79. The largest absolute Gasteiger partial charge is 0.507 e. The Morgan fingerprint density at radius 3 is 2.36 bits per heavy atom. The van der Waals surface area contributed by atoms with E-state index in [1.165, 1.54) is 56.8 Å². The molecule has 3 aromatic rings. The number of aromatic hydroxyl groups is 2. The molecule has 0 aliphatic carbocycles. The van der Waals surface area contributed by atoms with E-state index in [2.05, 4.69) is 29.1 Å². The number of carbonyl (C=O) groups is 3. The number of phenols is 2. The Labute approximate surface area is 430 Å². The van der Waals surface area contributed by atoms with Gasteiger partial charge in [-0.25, -0.2) is 10.8 Å². The summed E-state index contributed by atoms with van der Waals surface area (Å²) in [5, 5.41) is 51.9. The standard InChI is InChI=1S/C54H70N8O12/c1-28(2)25-60-21-19-54(20-22-60)58-43-40-41-47(65)34(8)50-42(40)51(67)53(9,74-50)72-23-18-38(71-10)32(6)49(73-39(63)27-61(56)26-37(55)35-14-16-36(17-15-35)62(69)70)33(7)46(64)31(5)24-29(3)12-11-13-30(4)52(68)57-45(48(41)66)44(43)59-54/h11-18,23,26,28-29,31-33,38,46,49,58,64-66H,19-22,24-25,27,55-56H2,1-10H3/b12-11+,23-18+,30-13-,37-26-,57-45?/t29?,31-,32-,33-,38+,46?,49?,53?/m1/s1. The van der Waals surface area contributed by atoms with E-state index in [4.69, 9.17) is 35.5 Å². The highest BCUT2D eigenvalue weighted by Gasteiger charge is 2.51. The molecule has 5 heterocycles. The van der Waals surface area contributed by atoms with Crippen molar-refractivity contribution in [3.63, 3.8) is 0 Å². The Morgan fingerprint density at radius 1 is 1.05 bits per heavy atom. The van der Waals surface area contributed by atoms with Gasteiger partial charge in [0.25, 0.3) is 17.4 Å². The number of nitrogens with two attached hydrogens (primary N) is 2. The maximum atomic E-state index is 14.9. The number of methoxy groups -OCH3 is 1. The predicted octanol–water partition coefficient (Wildman–Crippen LogP) is 5.80. The van der Waals surface area contributed by atoms with Crippen LogP contribution in [0.15, 0.2) is 76.6 Å². The molecule has 1 fully saturated rings. The van der Waals surface area contributed by atoms with E-state index in [0.29, 0.717) is 49.5 Å². The number of ether oxygens (including phenoxy) is 4. The average molecular weight is 1020 g/mol. The molecule has 0 aromatic heterocycles. The fourth-order valence-corrected chi connectivity index (χ4v) is 10.5. The van der Waals surface area contributed by atoms with Crippen LogP contribution in [0.1, 0.15) is 96.1 Å². The fraction of sp³-hybridized carbons (Fsp3) is 0.500. The van der Waals surface area contributed by atoms with Crippen LogP contribution in [0, 0.1) is 46.6 Å². The molecule has 0 radical (unpaired) electrons. The number of benzene rings is 3. The molecule has 1 saturated heterocycles. The van der Waals surface area contributed by atoms with E-state index in [-0.39, 0.29) is 72.9 Å². The van der Waals surface area contributed by atoms with Crippen LogP contribution in [-0.2, 0) is 23.8 Å². The molecule has 20 heteroatoms. The molecule has 1 amide bonds. The number of hydrazine groups is 1. The second-order valence-corrected chi connectivity index (χ2v) is 20.9. The van der Waals surface area contributed by atoms with Gasteiger partial charge in [0.15, 0.2) is 5.75 Å². The van der Waals surface area contributed by atoms with E-state index < -0.39 is 76.5 Å². The van der Waals surface area contributed by atoms with E-state index in [1.54, 1.807) is 39.8 Å². The van der Waals surface area contributed by atoms with E-state index in [1.807, 2.05) is 19.9 Å². The summed E-state index contributed by atoms with van der Waals surface area (Å²) in [5.41, 5.74) is 6.51. The molecule has 1 spiro atoms. The lowest BCUT2D eigenvalue weighted by Crippen LogP contribution is -2.47. The number of aliphatic hydroxyl groups is 1. The Morgan fingerprint density at radius 2 is 1.73 bits per heavy atom. The van der Waals surface area contributed by atoms with Crippen molar-refractivity contribution < 1.29 is 53.6 Å². The van der Waals surface area contributed by atoms with Crippen LogP contribution < -0.4 is 32.3 Å². The molecule has 8 rings (SSSR count). The van der Waals surface area contributed by atoms with Crippen molar-refractivity contribution in [2.75, 3.05) is 38.6 Å². The van der Waals surface area contributed by atoms with Gasteiger partial charge in [0.05, 0.1) is 45.7 Å². The number of phenolic OH excluding ortho intramolecular Hbond substituents is 2. The quantitative estimate of drug-likeness (QED) is 0.0485. The molecule has 5 bridgehead atoms. The van der Waals surface area contributed by atoms with Crippen molar-refractivity contribution >= 4 is 45.5 Å². The Bertz CT molecular complexity index is 2950. The second-order valence-electron chi connectivity index (χ2n) is 20.9. The predicted molar refractivity (Wildman–Crippen MR) is 277 cm³/mol. The molecule has 398 valence electrons. The minimum atomic E-state index is -2.01. The number of piperidine rings is 1. The van der Waals surface area contributed by atoms with Gasteiger partial charge < -0.3 is 55.2 Å². The van der Waals surface area contributed by atoms with Crippen LogP contribution in [0.5, 0.6) is 17.2 Å². The number of carbonyl (C=O) groups excluding carboxylic acids is 3. The van der Waals surface area contributed by atoms with Gasteiger partial charge in [0, 0.05) is 93.2 Å². The first-order chi connectivity index (χ1) is 34.9. The lowest BCUT2D eigenvalue weighted by molar-refractivity contribution is -0.384. The molecule has 5 aliphatic rings. The number of nitro benzene ring substituents is 1. The number of hydrogen-bond acceptors (Lipinski definition) is 18. The van der Waals surface area contributed by atoms with Gasteiger partial charge >= 0.3 is 11.8 Å². The normalized spacial score (nSPS) is 28.1. The number of fused-ring (bicyclic) bond motifs is 13. The van der Waals surface area contributed by atoms with Crippen LogP contribution in [-0.4, -0.2) is 111 Å². The first kappa shape index (κ1) is 54.9. The average Bonchev–Trinajstić information content (AvgIpc) is 3.85. The lowest BCUT2D eigenvalue weighted by Gasteiger charge is -2.38. The second kappa shape index (κ2) is 21.9. The molecule has 8 atom stereocenters. The number of amides is 1. The monoisotopic (exact) mass is 1020 g/mol. The van der Waals surface area contributed by atoms with Crippen molar-refractivity contribution in [1.82, 2.24) is 9.91 Å². The summed E-state index contributed by atoms with van der Waals surface area (Å²) in [7, 11) is 1.45. The molecule has 8 N–H and O–H groups in total. The van der Waals surface area contributed by atoms with Crippen molar-refractivity contribution in [1.29, 1.82) is 0 Å². The number of aliphatic hydroxyl groups excluding tert-OH is 1. The van der Waals surface area contributed by atoms with Gasteiger partial charge in [-0.1, -0.05) is 59.8 Å². The zero-order chi connectivity index (χ0) is 54.1. The number of anilines is 1. The Kier molecular flexibility index (Phi) is 16.3. The molecule has 5 aliphatic heterocycles. The molecule has 4 unspecified atom stereocenters. The number of nitrogens with zero attached hydrogens (tertiary/aromatic N) is 5. The zero-order valence-electron chi connectivity index (χ0n) is 43.7. The first-order valence-corrected chi connectivity index (χ1v) is 25.0. The summed E-state index contributed by atoms with van der Waals surface area (Å²) < 4.78 is 24.7. The number of nitrogens with one attached hydrogen (secondary N) is 1. The summed E-state index contributed by atoms with van der Waals surface area (Å²) in [6, 6.07) is 5.50. The molecule has 20 nitrogen and oxygen atoms in total. The highest BCUT2D eigenvalue weighted by molar-refractivity contribution is 6.21. The maximum absolute atomic E-state index is 14.9. The van der Waals surface area contributed by atoms with Crippen LogP contribution in [0.25, 0.3) is 16.5 Å². The first-order valence-electron chi connectivity index (χ1n) is 25.0. The topological polar surface area (TPSA) is 287 Å². The molecular weight excluding hydrogens is 953 g/mol. The van der Waals surface area contributed by atoms with Crippen LogP contribution >= 0.6 is 0 Å². The smallest absolute Gasteiger partial charge is 0.327 e. The van der Waals surface area contributed by atoms with E-state index in [0.717, 1.165) is 11.6 Å². The van der Waals surface area contributed by atoms with Crippen LogP contribution in [0.4, 0.5) is 11.4 Å². The third kappa shape index (κ3) is 11.1. The van der Waals surface area contributed by atoms with Crippen LogP contribution in [0.2, 0.25) is 0 Å². The van der Waals surface area contributed by atoms with Gasteiger partial charge in [-0.15, -0.1) is 0 Å². The van der Waals surface area contributed by atoms with Gasteiger partial charge in [-0.05, 0) is 61.8 Å². The summed E-state index contributed by atoms with van der Waals surface area (Å²) >= 11 is 0. The maximum Gasteiger partial charge on any atom is 0.327 e. The van der Waals surface area contributed by atoms with Crippen molar-refractivity contribution in [3.8, 4) is 17.2 Å². The number of hydrogen-bond donors (Lipinski definition) is 6. The summed E-state index contributed by atoms with van der Waals surface area (Å²) in [4.78, 5) is 65.3.